The molecular formula is C23H29BrClN3O4S. The number of sulfonamides is 1. The van der Waals surface area contributed by atoms with Crippen LogP contribution in [0.5, 0.6) is 0 Å². The van der Waals surface area contributed by atoms with Crippen molar-refractivity contribution in [2.45, 2.75) is 50.7 Å². The van der Waals surface area contributed by atoms with E-state index in [1.54, 1.807) is 6.92 Å². The second kappa shape index (κ2) is 12.0. The lowest BCUT2D eigenvalue weighted by molar-refractivity contribution is -0.140. The van der Waals surface area contributed by atoms with Crippen LogP contribution in [0, 0.1) is 0 Å². The Morgan fingerprint density at radius 1 is 1.12 bits per heavy atom. The van der Waals surface area contributed by atoms with Crippen molar-refractivity contribution in [3.63, 3.8) is 0 Å². The van der Waals surface area contributed by atoms with Gasteiger partial charge in [0.25, 0.3) is 0 Å². The summed E-state index contributed by atoms with van der Waals surface area (Å²) in [5, 5.41) is 3.30. The summed E-state index contributed by atoms with van der Waals surface area (Å²) in [6.07, 6.45) is 0.750. The van der Waals surface area contributed by atoms with Crippen molar-refractivity contribution >= 4 is 49.4 Å². The van der Waals surface area contributed by atoms with Crippen LogP contribution in [-0.2, 0) is 26.2 Å². The fraction of sp³-hybridized carbons (Fsp3) is 0.391. The fourth-order valence-corrected chi connectivity index (χ4v) is 4.73. The molecule has 0 aromatic heterocycles. The highest BCUT2D eigenvalue weighted by atomic mass is 79.9. The first kappa shape index (κ1) is 27.3. The summed E-state index contributed by atoms with van der Waals surface area (Å²) < 4.78 is 27.7. The third-order valence-electron chi connectivity index (χ3n) is 5.29. The van der Waals surface area contributed by atoms with Gasteiger partial charge in [0.15, 0.2) is 0 Å². The van der Waals surface area contributed by atoms with E-state index < -0.39 is 28.5 Å². The average Bonchev–Trinajstić information content (AvgIpc) is 2.77. The Kier molecular flexibility index (Phi) is 9.90. The lowest BCUT2D eigenvalue weighted by Crippen LogP contribution is -2.51. The van der Waals surface area contributed by atoms with Crippen molar-refractivity contribution in [1.29, 1.82) is 0 Å². The fourth-order valence-electron chi connectivity index (χ4n) is 3.03. The summed E-state index contributed by atoms with van der Waals surface area (Å²) in [7, 11) is -2.58. The standard InChI is InChI=1S/C23H29BrClN3O4S/c1-5-16(2)26-23(30)17(3)28(14-18-7-6-8-19(24)13-18)22(29)15-27(4)33(31,32)21-11-9-20(25)10-12-21/h6-13,16-17H,5,14-15H2,1-4H3,(H,26,30)/t16-,17+/m0/s1. The quantitative estimate of drug-likeness (QED) is 0.477. The summed E-state index contributed by atoms with van der Waals surface area (Å²) in [6.45, 7) is 5.22. The third-order valence-corrected chi connectivity index (χ3v) is 7.85. The molecule has 0 spiro atoms. The van der Waals surface area contributed by atoms with Crippen molar-refractivity contribution in [2.75, 3.05) is 13.6 Å². The topological polar surface area (TPSA) is 86.8 Å². The smallest absolute Gasteiger partial charge is 0.243 e. The van der Waals surface area contributed by atoms with Crippen LogP contribution in [0.1, 0.15) is 32.8 Å². The molecule has 0 unspecified atom stereocenters. The van der Waals surface area contributed by atoms with Crippen LogP contribution in [0.3, 0.4) is 0 Å². The minimum atomic E-state index is -3.91. The van der Waals surface area contributed by atoms with Crippen molar-refractivity contribution in [2.24, 2.45) is 0 Å². The highest BCUT2D eigenvalue weighted by Crippen LogP contribution is 2.19. The largest absolute Gasteiger partial charge is 0.352 e. The molecule has 33 heavy (non-hydrogen) atoms. The zero-order chi connectivity index (χ0) is 24.8. The summed E-state index contributed by atoms with van der Waals surface area (Å²) in [4.78, 5) is 27.5. The molecule has 2 aromatic rings. The maximum Gasteiger partial charge on any atom is 0.243 e. The zero-order valence-corrected chi connectivity index (χ0v) is 22.2. The molecule has 0 saturated heterocycles. The number of halogens is 2. The molecule has 1 N–H and O–H groups in total. The number of carbonyl (C=O) groups is 2. The SMILES string of the molecule is CC[C@H](C)NC(=O)[C@@H](C)N(Cc1cccc(Br)c1)C(=O)CN(C)S(=O)(=O)c1ccc(Cl)cc1. The van der Waals surface area contributed by atoms with Gasteiger partial charge in [0.2, 0.25) is 21.8 Å². The third kappa shape index (κ3) is 7.53. The minimum Gasteiger partial charge on any atom is -0.352 e. The summed E-state index contributed by atoms with van der Waals surface area (Å²) in [5.74, 6) is -0.780. The molecule has 0 fully saturated rings. The number of hydrogen-bond donors (Lipinski definition) is 1. The van der Waals surface area contributed by atoms with Gasteiger partial charge < -0.3 is 10.2 Å². The lowest BCUT2D eigenvalue weighted by atomic mass is 10.1. The molecule has 0 aliphatic carbocycles. The van der Waals surface area contributed by atoms with Crippen molar-refractivity contribution in [1.82, 2.24) is 14.5 Å². The van der Waals surface area contributed by atoms with Gasteiger partial charge in [-0.05, 0) is 62.2 Å². The van der Waals surface area contributed by atoms with E-state index in [9.17, 15) is 18.0 Å². The number of hydrogen-bond acceptors (Lipinski definition) is 4. The highest BCUT2D eigenvalue weighted by molar-refractivity contribution is 9.10. The second-order valence-electron chi connectivity index (χ2n) is 7.86. The molecule has 0 heterocycles. The first-order valence-electron chi connectivity index (χ1n) is 10.5. The number of rotatable bonds is 10. The lowest BCUT2D eigenvalue weighted by Gasteiger charge is -2.31. The first-order chi connectivity index (χ1) is 15.4. The van der Waals surface area contributed by atoms with Crippen LogP contribution in [-0.4, -0.2) is 55.1 Å². The number of amides is 2. The van der Waals surface area contributed by atoms with Crippen LogP contribution >= 0.6 is 27.5 Å². The molecule has 0 aliphatic heterocycles. The molecule has 0 radical (unpaired) electrons. The molecule has 2 atom stereocenters. The van der Waals surface area contributed by atoms with Gasteiger partial charge in [0, 0.05) is 29.1 Å². The maximum absolute atomic E-state index is 13.3. The molecule has 2 amide bonds. The Morgan fingerprint density at radius 3 is 2.33 bits per heavy atom. The summed E-state index contributed by atoms with van der Waals surface area (Å²) >= 11 is 9.27. The van der Waals surface area contributed by atoms with E-state index in [-0.39, 0.29) is 23.4 Å². The number of likely N-dealkylation sites (N-methyl/N-ethyl adjacent to an activating group) is 1. The number of nitrogens with one attached hydrogen (secondary N) is 1. The summed E-state index contributed by atoms with van der Waals surface area (Å²) in [5.41, 5.74) is 0.809. The van der Waals surface area contributed by atoms with E-state index in [4.69, 9.17) is 11.6 Å². The van der Waals surface area contributed by atoms with Crippen LogP contribution < -0.4 is 5.32 Å². The molecule has 2 aromatic carbocycles. The van der Waals surface area contributed by atoms with E-state index in [0.29, 0.717) is 5.02 Å². The molecule has 0 bridgehead atoms. The number of carbonyl (C=O) groups excluding carboxylic acids is 2. The monoisotopic (exact) mass is 557 g/mol. The van der Waals surface area contributed by atoms with Gasteiger partial charge in [-0.1, -0.05) is 46.6 Å². The van der Waals surface area contributed by atoms with Crippen LogP contribution in [0.4, 0.5) is 0 Å². The van der Waals surface area contributed by atoms with E-state index >= 15 is 0 Å². The molecular weight excluding hydrogens is 530 g/mol. The molecule has 0 aliphatic rings. The van der Waals surface area contributed by atoms with Crippen LogP contribution in [0.15, 0.2) is 57.9 Å². The van der Waals surface area contributed by atoms with Gasteiger partial charge >= 0.3 is 0 Å². The van der Waals surface area contributed by atoms with Gasteiger partial charge in [-0.3, -0.25) is 9.59 Å². The Morgan fingerprint density at radius 2 is 1.76 bits per heavy atom. The van der Waals surface area contributed by atoms with E-state index in [2.05, 4.69) is 21.2 Å². The molecule has 10 heteroatoms. The van der Waals surface area contributed by atoms with Gasteiger partial charge in [-0.15, -0.1) is 0 Å². The van der Waals surface area contributed by atoms with Gasteiger partial charge in [0.05, 0.1) is 11.4 Å². The Labute approximate surface area is 209 Å². The van der Waals surface area contributed by atoms with Gasteiger partial charge in [-0.2, -0.15) is 4.31 Å². The Balaban J connectivity index is 2.27. The number of nitrogens with zero attached hydrogens (tertiary/aromatic N) is 2. The van der Waals surface area contributed by atoms with E-state index in [1.165, 1.54) is 36.2 Å². The predicted molar refractivity (Wildman–Crippen MR) is 133 cm³/mol. The van der Waals surface area contributed by atoms with Crippen molar-refractivity contribution < 1.29 is 18.0 Å². The predicted octanol–water partition coefficient (Wildman–Crippen LogP) is 4.06. The van der Waals surface area contributed by atoms with Crippen molar-refractivity contribution in [3.05, 3.63) is 63.6 Å². The van der Waals surface area contributed by atoms with Gasteiger partial charge in [0.1, 0.15) is 6.04 Å². The molecule has 7 nitrogen and oxygen atoms in total. The Hall–Kier alpha value is -1.94. The molecule has 180 valence electrons. The van der Waals surface area contributed by atoms with Crippen molar-refractivity contribution in [3.8, 4) is 0 Å². The Bertz CT molecular complexity index is 1080. The minimum absolute atomic E-state index is 0.0308. The number of benzene rings is 2. The first-order valence-corrected chi connectivity index (χ1v) is 13.1. The molecule has 2 rings (SSSR count). The average molecular weight is 559 g/mol. The molecule has 0 saturated carbocycles. The summed E-state index contributed by atoms with van der Waals surface area (Å²) in [6, 6.07) is 12.3. The normalized spacial score (nSPS) is 13.4. The zero-order valence-electron chi connectivity index (χ0n) is 19.1. The van der Waals surface area contributed by atoms with Gasteiger partial charge in [-0.25, -0.2) is 8.42 Å². The van der Waals surface area contributed by atoms with E-state index in [1.807, 2.05) is 38.1 Å². The van der Waals surface area contributed by atoms with E-state index in [0.717, 1.165) is 20.8 Å². The van der Waals surface area contributed by atoms with Crippen LogP contribution in [0.25, 0.3) is 0 Å². The maximum atomic E-state index is 13.3. The second-order valence-corrected chi connectivity index (χ2v) is 11.3. The highest BCUT2D eigenvalue weighted by Gasteiger charge is 2.30. The van der Waals surface area contributed by atoms with Crippen LogP contribution in [0.2, 0.25) is 5.02 Å².